The molecule has 7 nitrogen and oxygen atoms in total. The highest BCUT2D eigenvalue weighted by atomic mass is 19.3. The van der Waals surface area contributed by atoms with Crippen molar-refractivity contribution in [2.45, 2.75) is 25.9 Å². The van der Waals surface area contributed by atoms with Crippen LogP contribution in [0.3, 0.4) is 0 Å². The normalized spacial score (nSPS) is 20.8. The third kappa shape index (κ3) is 3.97. The van der Waals surface area contributed by atoms with Gasteiger partial charge in [0.05, 0.1) is 29.5 Å². The van der Waals surface area contributed by atoms with Crippen molar-refractivity contribution >= 4 is 17.7 Å². The van der Waals surface area contributed by atoms with Gasteiger partial charge in [0.25, 0.3) is 0 Å². The van der Waals surface area contributed by atoms with Gasteiger partial charge in [-0.3, -0.25) is 4.79 Å². The molecule has 1 aliphatic rings. The molecular weight excluding hydrogens is 358 g/mol. The Hall–Kier alpha value is -3.23. The second kappa shape index (κ2) is 7.56. The summed E-state index contributed by atoms with van der Waals surface area (Å²) in [6.45, 7) is -1.24. The van der Waals surface area contributed by atoms with E-state index in [0.717, 1.165) is 0 Å². The third-order valence-corrected chi connectivity index (χ3v) is 4.31. The Bertz CT molecular complexity index is 894. The van der Waals surface area contributed by atoms with Crippen molar-refractivity contribution in [1.82, 2.24) is 15.1 Å². The van der Waals surface area contributed by atoms with Crippen molar-refractivity contribution in [2.24, 2.45) is 5.92 Å². The molecule has 0 aliphatic carbocycles. The molecule has 1 aromatic heterocycles. The molecule has 3 N–H and O–H groups in total. The van der Waals surface area contributed by atoms with Crippen molar-refractivity contribution in [3.05, 3.63) is 48.2 Å². The number of benzene rings is 1. The van der Waals surface area contributed by atoms with E-state index in [1.54, 1.807) is 43.3 Å². The number of hydrogen-bond acceptors (Lipinski definition) is 3. The zero-order valence-corrected chi connectivity index (χ0v) is 14.4. The van der Waals surface area contributed by atoms with Gasteiger partial charge in [-0.05, 0) is 18.1 Å². The van der Waals surface area contributed by atoms with Gasteiger partial charge in [-0.15, -0.1) is 0 Å². The Morgan fingerprint density at radius 1 is 1.44 bits per heavy atom. The van der Waals surface area contributed by atoms with E-state index in [1.165, 1.54) is 6.20 Å². The lowest BCUT2D eigenvalue weighted by molar-refractivity contribution is -0.118. The van der Waals surface area contributed by atoms with Gasteiger partial charge in [0.2, 0.25) is 5.91 Å². The number of amides is 2. The Kier molecular flexibility index (Phi) is 5.20. The van der Waals surface area contributed by atoms with E-state index in [9.17, 15) is 18.4 Å². The second-order valence-electron chi connectivity index (χ2n) is 6.20. The van der Waals surface area contributed by atoms with Crippen LogP contribution in [-0.2, 0) is 4.79 Å². The highest BCUT2D eigenvalue weighted by Crippen LogP contribution is 2.34. The molecule has 142 valence electrons. The highest BCUT2D eigenvalue weighted by Gasteiger charge is 2.23. The maximum Gasteiger partial charge on any atom is 0.405 e. The molecule has 0 saturated heterocycles. The molecule has 0 spiro atoms. The number of carboxylic acid groups (broad SMARTS) is 1. The number of nitrogens with one attached hydrogen (secondary N) is 2. The zero-order chi connectivity index (χ0) is 19.6. The predicted molar refractivity (Wildman–Crippen MR) is 94.4 cm³/mol. The fourth-order valence-corrected chi connectivity index (χ4v) is 2.97. The molecule has 2 atom stereocenters. The average Bonchev–Trinajstić information content (AvgIpc) is 3.03. The molecule has 0 unspecified atom stereocenters. The number of aromatic nitrogens is 2. The minimum Gasteiger partial charge on any atom is -0.465 e. The molecule has 2 amide bonds. The number of alkyl halides is 2. The fourth-order valence-electron chi connectivity index (χ4n) is 2.97. The van der Waals surface area contributed by atoms with E-state index < -0.39 is 24.6 Å². The quantitative estimate of drug-likeness (QED) is 0.695. The maximum absolute atomic E-state index is 13.4. The van der Waals surface area contributed by atoms with Gasteiger partial charge in [0.15, 0.2) is 0 Å². The van der Waals surface area contributed by atoms with E-state index in [1.807, 2.05) is 0 Å². The third-order valence-electron chi connectivity index (χ3n) is 4.31. The maximum atomic E-state index is 13.4. The summed E-state index contributed by atoms with van der Waals surface area (Å²) in [5.74, 6) is -0.906. The van der Waals surface area contributed by atoms with Gasteiger partial charge < -0.3 is 15.7 Å². The molecule has 2 aromatic rings. The van der Waals surface area contributed by atoms with Crippen molar-refractivity contribution < 1.29 is 23.5 Å². The van der Waals surface area contributed by atoms with Crippen LogP contribution in [0.15, 0.2) is 42.6 Å². The molecule has 9 heteroatoms. The van der Waals surface area contributed by atoms with Gasteiger partial charge in [0.1, 0.15) is 0 Å². The zero-order valence-electron chi connectivity index (χ0n) is 14.4. The van der Waals surface area contributed by atoms with Crippen molar-refractivity contribution in [2.75, 3.05) is 5.32 Å². The first-order chi connectivity index (χ1) is 12.9. The lowest BCUT2D eigenvalue weighted by atomic mass is 9.98. The molecule has 3 rings (SSSR count). The molecule has 2 heterocycles. The van der Waals surface area contributed by atoms with Crippen LogP contribution in [0.5, 0.6) is 0 Å². The van der Waals surface area contributed by atoms with Crippen molar-refractivity contribution in [1.29, 1.82) is 0 Å². The molecule has 2 bridgehead atoms. The fraction of sp³-hybridized carbons (Fsp3) is 0.278. The van der Waals surface area contributed by atoms with Gasteiger partial charge in [-0.2, -0.15) is 13.9 Å². The van der Waals surface area contributed by atoms with Crippen LogP contribution in [0, 0.1) is 5.92 Å². The summed E-state index contributed by atoms with van der Waals surface area (Å²) >= 11 is 0. The smallest absolute Gasteiger partial charge is 0.405 e. The summed E-state index contributed by atoms with van der Waals surface area (Å²) in [6, 6.07) is 6.00. The minimum absolute atomic E-state index is 0.0611. The number of halogens is 2. The number of anilines is 1. The molecule has 27 heavy (non-hydrogen) atoms. The summed E-state index contributed by atoms with van der Waals surface area (Å²) in [6.07, 6.45) is 3.67. The summed E-state index contributed by atoms with van der Waals surface area (Å²) in [5, 5.41) is 17.9. The van der Waals surface area contributed by atoms with Gasteiger partial charge in [-0.25, -0.2) is 9.48 Å². The summed E-state index contributed by atoms with van der Waals surface area (Å²) in [7, 11) is 0. The number of hydrogen-bond donors (Lipinski definition) is 3. The Labute approximate surface area is 153 Å². The first-order valence-corrected chi connectivity index (χ1v) is 8.29. The van der Waals surface area contributed by atoms with Crippen LogP contribution in [0.1, 0.15) is 31.5 Å². The van der Waals surface area contributed by atoms with E-state index in [0.29, 0.717) is 22.2 Å². The van der Waals surface area contributed by atoms with Gasteiger partial charge >= 0.3 is 12.6 Å². The van der Waals surface area contributed by atoms with Crippen LogP contribution < -0.4 is 10.6 Å². The average molecular weight is 376 g/mol. The van der Waals surface area contributed by atoms with Crippen LogP contribution in [0.25, 0.3) is 11.3 Å². The number of fused-ring (bicyclic) bond motifs is 4. The Morgan fingerprint density at radius 2 is 2.22 bits per heavy atom. The van der Waals surface area contributed by atoms with E-state index in [2.05, 4.69) is 15.7 Å². The Morgan fingerprint density at radius 3 is 2.93 bits per heavy atom. The number of rotatable bonds is 2. The van der Waals surface area contributed by atoms with E-state index in [4.69, 9.17) is 5.11 Å². The van der Waals surface area contributed by atoms with E-state index in [-0.39, 0.29) is 17.3 Å². The molecule has 1 aromatic carbocycles. The summed E-state index contributed by atoms with van der Waals surface area (Å²) in [4.78, 5) is 23.5. The molecule has 0 radical (unpaired) electrons. The van der Waals surface area contributed by atoms with Crippen LogP contribution in [0.4, 0.5) is 19.3 Å². The largest absolute Gasteiger partial charge is 0.465 e. The summed E-state index contributed by atoms with van der Waals surface area (Å²) < 4.78 is 27.4. The van der Waals surface area contributed by atoms with Gasteiger partial charge in [-0.1, -0.05) is 37.3 Å². The number of carbonyl (C=O) groups is 2. The monoisotopic (exact) mass is 376 g/mol. The van der Waals surface area contributed by atoms with Crippen LogP contribution >= 0.6 is 0 Å². The first kappa shape index (κ1) is 18.6. The predicted octanol–water partition coefficient (Wildman–Crippen LogP) is 3.79. The lowest BCUT2D eigenvalue weighted by Gasteiger charge is -2.19. The topological polar surface area (TPSA) is 96.2 Å². The summed E-state index contributed by atoms with van der Waals surface area (Å²) in [5.41, 5.74) is 1.24. The lowest BCUT2D eigenvalue weighted by Crippen LogP contribution is -2.26. The van der Waals surface area contributed by atoms with Crippen LogP contribution in [-0.4, -0.2) is 26.9 Å². The Balaban J connectivity index is 2.17. The first-order valence-electron chi connectivity index (χ1n) is 8.29. The van der Waals surface area contributed by atoms with Gasteiger partial charge in [0, 0.05) is 5.56 Å². The second-order valence-corrected chi connectivity index (χ2v) is 6.20. The minimum atomic E-state index is -2.90. The molecule has 0 saturated carbocycles. The SMILES string of the molecule is C[C@@H]1/C=C/C[C@H](NC(=O)O)c2cccc(c2)-c2c(cnn2C(F)F)NC1=O. The van der Waals surface area contributed by atoms with Crippen molar-refractivity contribution in [3.63, 3.8) is 0 Å². The molecule has 1 aliphatic heterocycles. The van der Waals surface area contributed by atoms with Crippen molar-refractivity contribution in [3.8, 4) is 11.3 Å². The highest BCUT2D eigenvalue weighted by molar-refractivity contribution is 5.96. The molecule has 0 fully saturated rings. The van der Waals surface area contributed by atoms with E-state index >= 15 is 0 Å². The number of carbonyl (C=O) groups excluding carboxylic acids is 1. The van der Waals surface area contributed by atoms with Crippen LogP contribution in [0.2, 0.25) is 0 Å². The number of nitrogens with zero attached hydrogens (tertiary/aromatic N) is 2. The standard InChI is InChI=1S/C18H18F2N4O3/c1-10-4-2-7-13(23-18(26)27)11-5-3-6-12(8-11)15-14(22-16(10)25)9-21-24(15)17(19)20/h2-6,8-10,13,17,23H,7H2,1H3,(H,22,25)(H,26,27)/b4-2+/t10-,13+/m1/s1. The molecular formula is C18H18F2N4O3.